The Morgan fingerprint density at radius 2 is 1.63 bits per heavy atom. The minimum Gasteiger partial charge on any atom is -0.304 e. The number of hydrogen-bond donors (Lipinski definition) is 0. The number of rotatable bonds is 2. The summed E-state index contributed by atoms with van der Waals surface area (Å²) in [5.74, 6) is 0. The highest BCUT2D eigenvalue weighted by Gasteiger charge is 2.03. The van der Waals surface area contributed by atoms with Crippen LogP contribution in [0.5, 0.6) is 0 Å². The summed E-state index contributed by atoms with van der Waals surface area (Å²) >= 11 is 3.42. The molecule has 0 saturated heterocycles. The zero-order chi connectivity index (χ0) is 13.2. The van der Waals surface area contributed by atoms with E-state index >= 15 is 0 Å². The van der Waals surface area contributed by atoms with Crippen LogP contribution in [-0.2, 0) is 6.54 Å². The van der Waals surface area contributed by atoms with Crippen molar-refractivity contribution in [3.05, 3.63) is 81.1 Å². The molecule has 19 heavy (non-hydrogen) atoms. The molecule has 0 fully saturated rings. The molecular formula is C16H12BrNO. The third-order valence-electron chi connectivity index (χ3n) is 3.15. The van der Waals surface area contributed by atoms with E-state index in [9.17, 15) is 4.79 Å². The van der Waals surface area contributed by atoms with Crippen LogP contribution in [0.2, 0.25) is 0 Å². The molecule has 0 spiro atoms. The lowest BCUT2D eigenvalue weighted by molar-refractivity contribution is 0.794. The van der Waals surface area contributed by atoms with Gasteiger partial charge in [0.1, 0.15) is 0 Å². The summed E-state index contributed by atoms with van der Waals surface area (Å²) in [5.41, 5.74) is 2.11. The fourth-order valence-electron chi connectivity index (χ4n) is 2.18. The van der Waals surface area contributed by atoms with Gasteiger partial charge in [-0.25, -0.2) is 0 Å². The first kappa shape index (κ1) is 12.2. The van der Waals surface area contributed by atoms with Gasteiger partial charge in [0, 0.05) is 10.5 Å². The Morgan fingerprint density at radius 3 is 2.42 bits per heavy atom. The van der Waals surface area contributed by atoms with E-state index in [1.54, 1.807) is 10.6 Å². The largest absolute Gasteiger partial charge is 0.304 e. The van der Waals surface area contributed by atoms with E-state index in [-0.39, 0.29) is 5.56 Å². The number of pyridine rings is 1. The van der Waals surface area contributed by atoms with E-state index in [0.717, 1.165) is 20.9 Å². The van der Waals surface area contributed by atoms with E-state index in [0.29, 0.717) is 6.54 Å². The van der Waals surface area contributed by atoms with Gasteiger partial charge >= 0.3 is 0 Å². The Hall–Kier alpha value is -1.87. The fourth-order valence-corrected chi connectivity index (χ4v) is 2.44. The molecule has 0 bridgehead atoms. The Bertz CT molecular complexity index is 775. The molecule has 3 aromatic rings. The predicted octanol–water partition coefficient (Wildman–Crippen LogP) is 3.81. The number of aromatic nitrogens is 1. The van der Waals surface area contributed by atoms with Crippen molar-refractivity contribution in [3.63, 3.8) is 0 Å². The Labute approximate surface area is 119 Å². The van der Waals surface area contributed by atoms with Gasteiger partial charge in [0.2, 0.25) is 0 Å². The van der Waals surface area contributed by atoms with Gasteiger partial charge in [-0.15, -0.1) is 0 Å². The number of benzene rings is 2. The van der Waals surface area contributed by atoms with Crippen molar-refractivity contribution in [1.82, 2.24) is 4.57 Å². The molecule has 0 N–H and O–H groups in total. The topological polar surface area (TPSA) is 22.0 Å². The van der Waals surface area contributed by atoms with E-state index in [1.807, 2.05) is 54.6 Å². The second kappa shape index (κ2) is 5.02. The molecule has 0 amide bonds. The molecule has 3 rings (SSSR count). The van der Waals surface area contributed by atoms with E-state index < -0.39 is 0 Å². The van der Waals surface area contributed by atoms with Crippen molar-refractivity contribution in [2.45, 2.75) is 6.54 Å². The third kappa shape index (κ3) is 2.47. The van der Waals surface area contributed by atoms with Crippen LogP contribution in [0.25, 0.3) is 10.9 Å². The number of fused-ring (bicyclic) bond motifs is 1. The maximum absolute atomic E-state index is 12.1. The first-order valence-electron chi connectivity index (χ1n) is 6.07. The van der Waals surface area contributed by atoms with E-state index in [1.165, 1.54) is 0 Å². The van der Waals surface area contributed by atoms with Crippen LogP contribution in [-0.4, -0.2) is 4.57 Å². The SMILES string of the molecule is O=c1ccc2ccccc2n1Cc1ccc(Br)cc1. The van der Waals surface area contributed by atoms with E-state index in [2.05, 4.69) is 15.9 Å². The highest BCUT2D eigenvalue weighted by Crippen LogP contribution is 2.15. The van der Waals surface area contributed by atoms with Gasteiger partial charge in [0.25, 0.3) is 5.56 Å². The maximum Gasteiger partial charge on any atom is 0.251 e. The molecule has 0 saturated carbocycles. The summed E-state index contributed by atoms with van der Waals surface area (Å²) in [6.45, 7) is 0.591. The molecule has 0 aliphatic rings. The van der Waals surface area contributed by atoms with Crippen molar-refractivity contribution in [2.75, 3.05) is 0 Å². The normalized spacial score (nSPS) is 10.8. The van der Waals surface area contributed by atoms with Crippen LogP contribution in [0.3, 0.4) is 0 Å². The van der Waals surface area contributed by atoms with Crippen LogP contribution in [0.15, 0.2) is 69.9 Å². The molecule has 0 atom stereocenters. The summed E-state index contributed by atoms with van der Waals surface area (Å²) in [4.78, 5) is 12.1. The lowest BCUT2D eigenvalue weighted by Gasteiger charge is -2.10. The lowest BCUT2D eigenvalue weighted by atomic mass is 10.2. The van der Waals surface area contributed by atoms with Crippen molar-refractivity contribution in [2.24, 2.45) is 0 Å². The van der Waals surface area contributed by atoms with Gasteiger partial charge in [-0.05, 0) is 35.2 Å². The number of hydrogen-bond acceptors (Lipinski definition) is 1. The van der Waals surface area contributed by atoms with Gasteiger partial charge in [-0.2, -0.15) is 0 Å². The van der Waals surface area contributed by atoms with Crippen LogP contribution in [0.1, 0.15) is 5.56 Å². The minimum atomic E-state index is 0.0293. The van der Waals surface area contributed by atoms with Crippen molar-refractivity contribution < 1.29 is 0 Å². The molecule has 0 unspecified atom stereocenters. The first-order chi connectivity index (χ1) is 9.24. The van der Waals surface area contributed by atoms with Crippen molar-refractivity contribution in [3.8, 4) is 0 Å². The Morgan fingerprint density at radius 1 is 0.895 bits per heavy atom. The molecule has 0 aliphatic heterocycles. The second-order valence-electron chi connectivity index (χ2n) is 4.44. The van der Waals surface area contributed by atoms with Gasteiger partial charge in [0.05, 0.1) is 12.1 Å². The predicted molar refractivity (Wildman–Crippen MR) is 81.5 cm³/mol. The average Bonchev–Trinajstić information content (AvgIpc) is 2.44. The van der Waals surface area contributed by atoms with Crippen LogP contribution < -0.4 is 5.56 Å². The zero-order valence-electron chi connectivity index (χ0n) is 10.2. The standard InChI is InChI=1S/C16H12BrNO/c17-14-8-5-12(6-9-14)11-18-15-4-2-1-3-13(15)7-10-16(18)19/h1-10H,11H2. The molecule has 1 aromatic heterocycles. The van der Waals surface area contributed by atoms with Crippen LogP contribution in [0, 0.1) is 0 Å². The van der Waals surface area contributed by atoms with Crippen LogP contribution in [0.4, 0.5) is 0 Å². The molecule has 3 heteroatoms. The summed E-state index contributed by atoms with van der Waals surface area (Å²) in [7, 11) is 0. The quantitative estimate of drug-likeness (QED) is 0.705. The van der Waals surface area contributed by atoms with Gasteiger partial charge in [-0.1, -0.05) is 46.3 Å². The number of para-hydroxylation sites is 1. The minimum absolute atomic E-state index is 0.0293. The lowest BCUT2D eigenvalue weighted by Crippen LogP contribution is -2.19. The molecule has 94 valence electrons. The zero-order valence-corrected chi connectivity index (χ0v) is 11.8. The van der Waals surface area contributed by atoms with Crippen molar-refractivity contribution >= 4 is 26.8 Å². The Balaban J connectivity index is 2.12. The second-order valence-corrected chi connectivity index (χ2v) is 5.36. The molecule has 2 nitrogen and oxygen atoms in total. The number of halogens is 1. The van der Waals surface area contributed by atoms with Gasteiger partial charge < -0.3 is 4.57 Å². The fraction of sp³-hybridized carbons (Fsp3) is 0.0625. The molecule has 0 radical (unpaired) electrons. The molecule has 1 heterocycles. The summed E-state index contributed by atoms with van der Waals surface area (Å²) in [6.07, 6.45) is 0. The third-order valence-corrected chi connectivity index (χ3v) is 3.68. The average molecular weight is 314 g/mol. The number of nitrogens with zero attached hydrogens (tertiary/aromatic N) is 1. The van der Waals surface area contributed by atoms with Gasteiger partial charge in [-0.3, -0.25) is 4.79 Å². The Kier molecular flexibility index (Phi) is 3.22. The first-order valence-corrected chi connectivity index (χ1v) is 6.86. The molecular weight excluding hydrogens is 302 g/mol. The monoisotopic (exact) mass is 313 g/mol. The highest BCUT2D eigenvalue weighted by molar-refractivity contribution is 9.10. The summed E-state index contributed by atoms with van der Waals surface area (Å²) in [5, 5.41) is 1.08. The van der Waals surface area contributed by atoms with Crippen LogP contribution >= 0.6 is 15.9 Å². The molecule has 2 aromatic carbocycles. The smallest absolute Gasteiger partial charge is 0.251 e. The van der Waals surface area contributed by atoms with E-state index in [4.69, 9.17) is 0 Å². The summed E-state index contributed by atoms with van der Waals surface area (Å²) in [6, 6.07) is 19.5. The maximum atomic E-state index is 12.1. The van der Waals surface area contributed by atoms with Gasteiger partial charge in [0.15, 0.2) is 0 Å². The summed E-state index contributed by atoms with van der Waals surface area (Å²) < 4.78 is 2.85. The highest BCUT2D eigenvalue weighted by atomic mass is 79.9. The molecule has 0 aliphatic carbocycles. The van der Waals surface area contributed by atoms with Crippen molar-refractivity contribution in [1.29, 1.82) is 0 Å².